The van der Waals surface area contributed by atoms with Crippen LogP contribution in [0.4, 0.5) is 17.7 Å². The topological polar surface area (TPSA) is 97.8 Å². The Morgan fingerprint density at radius 1 is 1.36 bits per heavy atom. The van der Waals surface area contributed by atoms with E-state index in [9.17, 15) is 22.8 Å². The van der Waals surface area contributed by atoms with Crippen molar-refractivity contribution in [3.63, 3.8) is 0 Å². The van der Waals surface area contributed by atoms with Crippen LogP contribution in [0.25, 0.3) is 0 Å². The highest BCUT2D eigenvalue weighted by molar-refractivity contribution is 5.17. The molecule has 6 nitrogen and oxygen atoms in total. The molecule has 0 spiro atoms. The van der Waals surface area contributed by atoms with Crippen molar-refractivity contribution in [1.29, 1.82) is 0 Å². The van der Waals surface area contributed by atoms with E-state index in [0.29, 0.717) is 13.0 Å². The van der Waals surface area contributed by atoms with Crippen molar-refractivity contribution in [1.82, 2.24) is 4.98 Å². The van der Waals surface area contributed by atoms with E-state index in [-0.39, 0.29) is 12.6 Å². The molecule has 3 unspecified atom stereocenters. The molecule has 4 N–H and O–H groups in total. The molecule has 22 heavy (non-hydrogen) atoms. The van der Waals surface area contributed by atoms with Gasteiger partial charge in [0.1, 0.15) is 11.8 Å². The molecule has 0 bridgehead atoms. The molecule has 10 heteroatoms. The first-order valence-electron chi connectivity index (χ1n) is 6.30. The first kappa shape index (κ1) is 18.6. The monoisotopic (exact) mass is 328 g/mol. The Balaban J connectivity index is 0.000000224. The Hall–Kier alpha value is -1.49. The number of aromatic nitrogens is 1. The van der Waals surface area contributed by atoms with Crippen LogP contribution in [0.1, 0.15) is 12.1 Å². The summed E-state index contributed by atoms with van der Waals surface area (Å²) >= 11 is 0. The molecule has 0 aliphatic carbocycles. The van der Waals surface area contributed by atoms with Gasteiger partial charge in [-0.05, 0) is 12.5 Å². The summed E-state index contributed by atoms with van der Waals surface area (Å²) in [6.45, 7) is 0.748. The van der Waals surface area contributed by atoms with Gasteiger partial charge >= 0.3 is 6.18 Å². The minimum Gasteiger partial charge on any atom is -0.390 e. The zero-order valence-corrected chi connectivity index (χ0v) is 11.3. The Morgan fingerprint density at radius 2 is 2.05 bits per heavy atom. The van der Waals surface area contributed by atoms with Gasteiger partial charge in [0.2, 0.25) is 0 Å². The van der Waals surface area contributed by atoms with E-state index in [1.807, 2.05) is 0 Å². The summed E-state index contributed by atoms with van der Waals surface area (Å²) < 4.78 is 52.0. The predicted molar refractivity (Wildman–Crippen MR) is 66.4 cm³/mol. The van der Waals surface area contributed by atoms with Gasteiger partial charge < -0.3 is 20.7 Å². The van der Waals surface area contributed by atoms with Crippen LogP contribution in [0.15, 0.2) is 18.2 Å². The highest BCUT2D eigenvalue weighted by Gasteiger charge is 2.32. The quantitative estimate of drug-likeness (QED) is 0.696. The van der Waals surface area contributed by atoms with Gasteiger partial charge in [-0.2, -0.15) is 13.2 Å². The summed E-state index contributed by atoms with van der Waals surface area (Å²) in [7, 11) is 0. The zero-order valence-electron chi connectivity index (χ0n) is 11.3. The molecule has 0 aromatic carbocycles. The fourth-order valence-electron chi connectivity index (χ4n) is 1.68. The maximum Gasteiger partial charge on any atom is 0.433 e. The largest absolute Gasteiger partial charge is 0.433 e. The lowest BCUT2D eigenvalue weighted by atomic mass is 10.0. The Kier molecular flexibility index (Phi) is 6.94. The molecule has 0 saturated carbocycles. The van der Waals surface area contributed by atoms with Gasteiger partial charge in [0.05, 0.1) is 12.2 Å². The maximum absolute atomic E-state index is 11.9. The number of rotatable bonds is 2. The minimum absolute atomic E-state index is 0.262. The van der Waals surface area contributed by atoms with E-state index in [1.54, 1.807) is 0 Å². The van der Waals surface area contributed by atoms with Crippen molar-refractivity contribution in [2.24, 2.45) is 5.73 Å². The fraction of sp³-hybridized carbons (Fsp3) is 0.583. The Bertz CT molecular complexity index is 461. The zero-order chi connectivity index (χ0) is 16.8. The van der Waals surface area contributed by atoms with Gasteiger partial charge in [0.25, 0.3) is 5.88 Å². The number of hydrogen-bond donors (Lipinski definition) is 3. The molecule has 0 amide bonds. The number of aliphatic hydroxyl groups is 2. The van der Waals surface area contributed by atoms with Crippen LogP contribution in [-0.2, 0) is 10.9 Å². The second-order valence-electron chi connectivity index (χ2n) is 4.43. The third-order valence-corrected chi connectivity index (χ3v) is 2.85. The number of nitrogens with two attached hydrogens (primary N) is 1. The van der Waals surface area contributed by atoms with Gasteiger partial charge in [-0.1, -0.05) is 6.07 Å². The molecule has 1 aliphatic heterocycles. The Morgan fingerprint density at radius 3 is 2.55 bits per heavy atom. The lowest BCUT2D eigenvalue weighted by Crippen LogP contribution is -2.47. The van der Waals surface area contributed by atoms with Crippen molar-refractivity contribution >= 4 is 0 Å². The average molecular weight is 328 g/mol. The molecule has 2 rings (SSSR count). The van der Waals surface area contributed by atoms with Gasteiger partial charge in [-0.3, -0.25) is 4.94 Å². The van der Waals surface area contributed by atoms with Crippen molar-refractivity contribution in [3.8, 4) is 5.88 Å². The number of ether oxygens (including phenoxy) is 1. The second-order valence-corrected chi connectivity index (χ2v) is 4.43. The Labute approximate surface area is 123 Å². The molecule has 1 aromatic heterocycles. The molecule has 126 valence electrons. The molecule has 2 heterocycles. The first-order chi connectivity index (χ1) is 10.3. The third kappa shape index (κ3) is 5.37. The summed E-state index contributed by atoms with van der Waals surface area (Å²) in [6.07, 6.45) is -5.93. The summed E-state index contributed by atoms with van der Waals surface area (Å²) in [5.41, 5.74) is 4.08. The van der Waals surface area contributed by atoms with E-state index in [0.717, 1.165) is 18.2 Å². The maximum atomic E-state index is 11.9. The number of aliphatic hydroxyl groups excluding tert-OH is 2. The van der Waals surface area contributed by atoms with E-state index in [2.05, 4.69) is 9.93 Å². The van der Waals surface area contributed by atoms with Crippen LogP contribution in [0.5, 0.6) is 5.88 Å². The molecule has 0 radical (unpaired) electrons. The van der Waals surface area contributed by atoms with Crippen LogP contribution in [-0.4, -0.2) is 46.7 Å². The number of hydrogen-bond acceptors (Lipinski definition) is 6. The summed E-state index contributed by atoms with van der Waals surface area (Å²) in [4.78, 5) is 5.88. The van der Waals surface area contributed by atoms with Crippen molar-refractivity contribution < 1.29 is 37.6 Å². The number of halogens is 4. The van der Waals surface area contributed by atoms with Crippen LogP contribution in [0, 0.1) is 0 Å². The molecule has 1 saturated heterocycles. The predicted octanol–water partition coefficient (Wildman–Crippen LogP) is 0.819. The summed E-state index contributed by atoms with van der Waals surface area (Å²) in [5.74, 6) is -0.704. The van der Waals surface area contributed by atoms with Crippen molar-refractivity contribution in [2.45, 2.75) is 30.9 Å². The van der Waals surface area contributed by atoms with Crippen LogP contribution in [0.3, 0.4) is 0 Å². The lowest BCUT2D eigenvalue weighted by Gasteiger charge is -2.30. The van der Waals surface area contributed by atoms with E-state index < -0.39 is 30.0 Å². The van der Waals surface area contributed by atoms with Crippen LogP contribution in [0.2, 0.25) is 0 Å². The van der Waals surface area contributed by atoms with E-state index in [1.165, 1.54) is 0 Å². The highest BCUT2D eigenvalue weighted by Crippen LogP contribution is 2.28. The van der Waals surface area contributed by atoms with Gasteiger partial charge in [0, 0.05) is 23.7 Å². The van der Waals surface area contributed by atoms with Crippen LogP contribution >= 0.6 is 0 Å². The molecule has 1 fully saturated rings. The normalized spacial score (nSPS) is 25.1. The van der Waals surface area contributed by atoms with Gasteiger partial charge in [-0.25, -0.2) is 4.98 Å². The van der Waals surface area contributed by atoms with Crippen molar-refractivity contribution in [2.75, 3.05) is 13.2 Å². The highest BCUT2D eigenvalue weighted by atomic mass is 19.4. The smallest absolute Gasteiger partial charge is 0.390 e. The molecule has 1 aliphatic rings. The lowest BCUT2D eigenvalue weighted by molar-refractivity contribution is -0.142. The van der Waals surface area contributed by atoms with Crippen molar-refractivity contribution in [3.05, 3.63) is 23.9 Å². The minimum atomic E-state index is -4.57. The standard InChI is InChI=1S/C6H3F4NO.C6H13NO3/c7-6(8,9)4-2-1-3-5(11-4)12-10;7-3-5-6(9)4(8)1-2-10-5/h1-3H;4-6,8-9H,1-3,7H2. The van der Waals surface area contributed by atoms with Gasteiger partial charge in [-0.15, -0.1) is 0 Å². The summed E-state index contributed by atoms with van der Waals surface area (Å²) in [6, 6.07) is 2.71. The van der Waals surface area contributed by atoms with Crippen LogP contribution < -0.4 is 10.7 Å². The second kappa shape index (κ2) is 8.22. The van der Waals surface area contributed by atoms with E-state index in [4.69, 9.17) is 15.6 Å². The molecule has 3 atom stereocenters. The number of pyridine rings is 1. The van der Waals surface area contributed by atoms with E-state index >= 15 is 0 Å². The average Bonchev–Trinajstić information content (AvgIpc) is 2.50. The number of nitrogens with zero attached hydrogens (tertiary/aromatic N) is 1. The SMILES string of the molecule is FOc1cccc(C(F)(F)F)n1.NCC1OCCC(O)C1O. The molecular weight excluding hydrogens is 312 g/mol. The van der Waals surface area contributed by atoms with Gasteiger partial charge in [0.15, 0.2) is 0 Å². The molecule has 1 aromatic rings. The third-order valence-electron chi connectivity index (χ3n) is 2.85. The fourth-order valence-corrected chi connectivity index (χ4v) is 1.68. The first-order valence-corrected chi connectivity index (χ1v) is 6.30. The number of alkyl halides is 3. The molecular formula is C12H16F4N2O4. The summed E-state index contributed by atoms with van der Waals surface area (Å²) in [5, 5.41) is 18.3.